The van der Waals surface area contributed by atoms with Gasteiger partial charge in [0.25, 0.3) is 0 Å². The summed E-state index contributed by atoms with van der Waals surface area (Å²) in [4.78, 5) is 15.8. The fourth-order valence-electron chi connectivity index (χ4n) is 2.55. The molecule has 5 nitrogen and oxygen atoms in total. The lowest BCUT2D eigenvalue weighted by molar-refractivity contribution is -0.142. The van der Waals surface area contributed by atoms with E-state index in [9.17, 15) is 9.90 Å². The molecule has 100 valence electrons. The summed E-state index contributed by atoms with van der Waals surface area (Å²) in [5.74, 6) is -0.488. The van der Waals surface area contributed by atoms with Gasteiger partial charge in [0, 0.05) is 6.20 Å². The summed E-state index contributed by atoms with van der Waals surface area (Å²) in [6.07, 6.45) is 6.60. The topological polar surface area (TPSA) is 86.0 Å². The molecule has 0 aliphatic heterocycles. The van der Waals surface area contributed by atoms with Crippen molar-refractivity contribution in [3.8, 4) is 6.07 Å². The van der Waals surface area contributed by atoms with E-state index < -0.39 is 11.5 Å². The monoisotopic (exact) mass is 259 g/mol. The second-order valence-electron chi connectivity index (χ2n) is 4.94. The maximum atomic E-state index is 11.7. The summed E-state index contributed by atoms with van der Waals surface area (Å²) >= 11 is 0. The first-order chi connectivity index (χ1) is 9.18. The third-order valence-corrected chi connectivity index (χ3v) is 3.65. The molecule has 0 spiro atoms. The van der Waals surface area contributed by atoms with E-state index in [0.717, 1.165) is 25.7 Å². The summed E-state index contributed by atoms with van der Waals surface area (Å²) in [6.45, 7) is 0. The Kier molecular flexibility index (Phi) is 4.00. The molecule has 1 aromatic rings. The SMILES string of the molecule is N#Cc1cccnc1NC1(C(=O)O)CCCCCC1. The van der Waals surface area contributed by atoms with Gasteiger partial charge in [-0.15, -0.1) is 0 Å². The van der Waals surface area contributed by atoms with Crippen molar-refractivity contribution < 1.29 is 9.90 Å². The van der Waals surface area contributed by atoms with E-state index in [1.807, 2.05) is 6.07 Å². The molecule has 5 heteroatoms. The Balaban J connectivity index is 2.30. The van der Waals surface area contributed by atoms with Crippen LogP contribution in [0, 0.1) is 11.3 Å². The third-order valence-electron chi connectivity index (χ3n) is 3.65. The summed E-state index contributed by atoms with van der Waals surface area (Å²) in [7, 11) is 0. The van der Waals surface area contributed by atoms with Crippen LogP contribution < -0.4 is 5.32 Å². The number of pyridine rings is 1. The standard InChI is InChI=1S/C14H17N3O2/c15-10-11-6-5-9-16-12(11)17-14(13(18)19)7-3-1-2-4-8-14/h5-6,9H,1-4,7-8H2,(H,16,17)(H,18,19). The number of carboxylic acids is 1. The molecular formula is C14H17N3O2. The fraction of sp³-hybridized carbons (Fsp3) is 0.500. The van der Waals surface area contributed by atoms with Gasteiger partial charge in [0.2, 0.25) is 0 Å². The molecule has 0 bridgehead atoms. The Bertz CT molecular complexity index is 500. The zero-order chi connectivity index (χ0) is 13.7. The lowest BCUT2D eigenvalue weighted by Crippen LogP contribution is -2.46. The lowest BCUT2D eigenvalue weighted by Gasteiger charge is -2.30. The molecule has 19 heavy (non-hydrogen) atoms. The van der Waals surface area contributed by atoms with Crippen molar-refractivity contribution >= 4 is 11.8 Å². The highest BCUT2D eigenvalue weighted by Gasteiger charge is 2.39. The maximum absolute atomic E-state index is 11.7. The molecule has 0 atom stereocenters. The summed E-state index contributed by atoms with van der Waals surface area (Å²) in [6, 6.07) is 5.35. The van der Waals surface area contributed by atoms with Gasteiger partial charge in [0.15, 0.2) is 0 Å². The van der Waals surface area contributed by atoms with Gasteiger partial charge in [0.1, 0.15) is 17.4 Å². The number of carboxylic acid groups (broad SMARTS) is 1. The van der Waals surface area contributed by atoms with Crippen molar-refractivity contribution in [2.45, 2.75) is 44.1 Å². The van der Waals surface area contributed by atoms with Gasteiger partial charge >= 0.3 is 5.97 Å². The molecule has 2 N–H and O–H groups in total. The molecule has 1 aromatic heterocycles. The van der Waals surface area contributed by atoms with Crippen molar-refractivity contribution in [3.63, 3.8) is 0 Å². The summed E-state index contributed by atoms with van der Waals surface area (Å²) in [5.41, 5.74) is -0.608. The van der Waals surface area contributed by atoms with Crippen LogP contribution >= 0.6 is 0 Å². The fourth-order valence-corrected chi connectivity index (χ4v) is 2.55. The first kappa shape index (κ1) is 13.3. The minimum Gasteiger partial charge on any atom is -0.480 e. The van der Waals surface area contributed by atoms with Crippen molar-refractivity contribution in [2.24, 2.45) is 0 Å². The highest BCUT2D eigenvalue weighted by Crippen LogP contribution is 2.31. The van der Waals surface area contributed by atoms with Crippen molar-refractivity contribution in [2.75, 3.05) is 5.32 Å². The maximum Gasteiger partial charge on any atom is 0.329 e. The van der Waals surface area contributed by atoms with Gasteiger partial charge in [0.05, 0.1) is 5.56 Å². The quantitative estimate of drug-likeness (QED) is 0.815. The molecule has 0 saturated heterocycles. The van der Waals surface area contributed by atoms with E-state index in [0.29, 0.717) is 24.2 Å². The van der Waals surface area contributed by atoms with Gasteiger partial charge in [-0.2, -0.15) is 5.26 Å². The van der Waals surface area contributed by atoms with Crippen LogP contribution in [0.2, 0.25) is 0 Å². The molecule has 0 radical (unpaired) electrons. The predicted octanol–water partition coefficient (Wildman–Crippen LogP) is 2.54. The van der Waals surface area contributed by atoms with Gasteiger partial charge in [-0.3, -0.25) is 0 Å². The van der Waals surface area contributed by atoms with E-state index in [-0.39, 0.29) is 0 Å². The predicted molar refractivity (Wildman–Crippen MR) is 70.6 cm³/mol. The number of rotatable bonds is 3. The van der Waals surface area contributed by atoms with Crippen molar-refractivity contribution in [1.82, 2.24) is 4.98 Å². The molecule has 0 unspecified atom stereocenters. The highest BCUT2D eigenvalue weighted by molar-refractivity contribution is 5.83. The molecule has 1 aliphatic rings. The summed E-state index contributed by atoms with van der Waals surface area (Å²) < 4.78 is 0. The number of nitriles is 1. The van der Waals surface area contributed by atoms with E-state index in [2.05, 4.69) is 10.3 Å². The van der Waals surface area contributed by atoms with E-state index in [1.54, 1.807) is 18.3 Å². The average molecular weight is 259 g/mol. The molecule has 1 saturated carbocycles. The Morgan fingerprint density at radius 1 is 1.37 bits per heavy atom. The van der Waals surface area contributed by atoms with E-state index in [1.165, 1.54) is 0 Å². The number of carbonyl (C=O) groups is 1. The largest absolute Gasteiger partial charge is 0.480 e. The normalized spacial score (nSPS) is 18.1. The van der Waals surface area contributed by atoms with Crippen molar-refractivity contribution in [3.05, 3.63) is 23.9 Å². The van der Waals surface area contributed by atoms with Gasteiger partial charge < -0.3 is 10.4 Å². The minimum absolute atomic E-state index is 0.370. The summed E-state index contributed by atoms with van der Waals surface area (Å²) in [5, 5.41) is 21.6. The Morgan fingerprint density at radius 2 is 2.05 bits per heavy atom. The van der Waals surface area contributed by atoms with Crippen LogP contribution in [0.4, 0.5) is 5.82 Å². The number of hydrogen-bond donors (Lipinski definition) is 2. The number of anilines is 1. The Hall–Kier alpha value is -2.09. The first-order valence-corrected chi connectivity index (χ1v) is 6.55. The van der Waals surface area contributed by atoms with E-state index in [4.69, 9.17) is 5.26 Å². The van der Waals surface area contributed by atoms with Gasteiger partial charge in [-0.25, -0.2) is 9.78 Å². The van der Waals surface area contributed by atoms with Crippen LogP contribution in [-0.4, -0.2) is 21.6 Å². The van der Waals surface area contributed by atoms with Crippen LogP contribution in [0.25, 0.3) is 0 Å². The number of aromatic nitrogens is 1. The molecule has 1 fully saturated rings. The minimum atomic E-state index is -0.990. The molecule has 1 aliphatic carbocycles. The van der Waals surface area contributed by atoms with E-state index >= 15 is 0 Å². The third kappa shape index (κ3) is 2.84. The van der Waals surface area contributed by atoms with Crippen LogP contribution in [0.5, 0.6) is 0 Å². The second-order valence-corrected chi connectivity index (χ2v) is 4.94. The smallest absolute Gasteiger partial charge is 0.329 e. The number of hydrogen-bond acceptors (Lipinski definition) is 4. The van der Waals surface area contributed by atoms with Crippen LogP contribution in [-0.2, 0) is 4.79 Å². The molecular weight excluding hydrogens is 242 g/mol. The second kappa shape index (κ2) is 5.70. The first-order valence-electron chi connectivity index (χ1n) is 6.55. The molecule has 0 amide bonds. The van der Waals surface area contributed by atoms with Gasteiger partial charge in [-0.1, -0.05) is 25.7 Å². The zero-order valence-corrected chi connectivity index (χ0v) is 10.7. The van der Waals surface area contributed by atoms with Crippen LogP contribution in [0.15, 0.2) is 18.3 Å². The number of aliphatic carboxylic acids is 1. The van der Waals surface area contributed by atoms with Crippen LogP contribution in [0.3, 0.4) is 0 Å². The zero-order valence-electron chi connectivity index (χ0n) is 10.7. The lowest BCUT2D eigenvalue weighted by atomic mass is 9.90. The van der Waals surface area contributed by atoms with Crippen LogP contribution in [0.1, 0.15) is 44.1 Å². The Morgan fingerprint density at radius 3 is 2.63 bits per heavy atom. The molecule has 2 rings (SSSR count). The number of nitrogens with one attached hydrogen (secondary N) is 1. The number of nitrogens with zero attached hydrogens (tertiary/aromatic N) is 2. The van der Waals surface area contributed by atoms with Gasteiger partial charge in [-0.05, 0) is 25.0 Å². The molecule has 1 heterocycles. The average Bonchev–Trinajstić information content (AvgIpc) is 2.66. The Labute approximate surface area is 112 Å². The molecule has 0 aromatic carbocycles. The van der Waals surface area contributed by atoms with Crippen molar-refractivity contribution in [1.29, 1.82) is 5.26 Å². The highest BCUT2D eigenvalue weighted by atomic mass is 16.4.